The molecule has 0 spiro atoms. The molecule has 2 aromatic carbocycles. The lowest BCUT2D eigenvalue weighted by Gasteiger charge is -2.06. The Morgan fingerprint density at radius 3 is 2.18 bits per heavy atom. The molecule has 0 heterocycles. The molecule has 2 rings (SSSR count). The van der Waals surface area contributed by atoms with Gasteiger partial charge >= 0.3 is 0 Å². The number of rotatable bonds is 3. The van der Waals surface area contributed by atoms with Gasteiger partial charge < -0.3 is 4.74 Å². The minimum Gasteiger partial charge on any atom is -0.489 e. The SMILES string of the molecule is Fc1cc(F)cc(COc2cccc(F)c2)c1. The maximum atomic E-state index is 12.9. The zero-order valence-electron chi connectivity index (χ0n) is 8.79. The molecule has 0 fully saturated rings. The van der Waals surface area contributed by atoms with Crippen molar-refractivity contribution in [3.63, 3.8) is 0 Å². The van der Waals surface area contributed by atoms with E-state index in [1.807, 2.05) is 0 Å². The van der Waals surface area contributed by atoms with Gasteiger partial charge in [0, 0.05) is 12.1 Å². The molecule has 17 heavy (non-hydrogen) atoms. The van der Waals surface area contributed by atoms with Gasteiger partial charge in [0.25, 0.3) is 0 Å². The van der Waals surface area contributed by atoms with Crippen molar-refractivity contribution in [2.75, 3.05) is 0 Å². The van der Waals surface area contributed by atoms with Crippen molar-refractivity contribution in [1.29, 1.82) is 0 Å². The van der Waals surface area contributed by atoms with E-state index < -0.39 is 17.5 Å². The fraction of sp³-hybridized carbons (Fsp3) is 0.0769. The summed E-state index contributed by atoms with van der Waals surface area (Å²) in [6, 6.07) is 8.68. The van der Waals surface area contributed by atoms with Crippen LogP contribution in [-0.4, -0.2) is 0 Å². The molecule has 0 aromatic heterocycles. The average Bonchev–Trinajstić information content (AvgIpc) is 2.25. The molecule has 0 amide bonds. The summed E-state index contributed by atoms with van der Waals surface area (Å²) in [6.07, 6.45) is 0. The minimum atomic E-state index is -0.664. The maximum Gasteiger partial charge on any atom is 0.126 e. The minimum absolute atomic E-state index is 0.0157. The third kappa shape index (κ3) is 3.24. The monoisotopic (exact) mass is 238 g/mol. The maximum absolute atomic E-state index is 12.9. The average molecular weight is 238 g/mol. The molecule has 0 aliphatic rings. The van der Waals surface area contributed by atoms with Gasteiger partial charge in [-0.3, -0.25) is 0 Å². The van der Waals surface area contributed by atoms with Crippen LogP contribution in [0.2, 0.25) is 0 Å². The quantitative estimate of drug-likeness (QED) is 0.792. The Hall–Kier alpha value is -1.97. The summed E-state index contributed by atoms with van der Waals surface area (Å²) in [6.45, 7) is -0.0157. The Morgan fingerprint density at radius 2 is 1.53 bits per heavy atom. The number of benzene rings is 2. The van der Waals surface area contributed by atoms with Crippen LogP contribution in [0.25, 0.3) is 0 Å². The molecule has 88 valence electrons. The number of hydrogen-bond acceptors (Lipinski definition) is 1. The van der Waals surface area contributed by atoms with Crippen molar-refractivity contribution in [2.24, 2.45) is 0 Å². The second-order valence-electron chi connectivity index (χ2n) is 3.52. The first kappa shape index (κ1) is 11.5. The standard InChI is InChI=1S/C13H9F3O/c14-10-2-1-3-13(7-10)17-8-9-4-11(15)6-12(16)5-9/h1-7H,8H2. The van der Waals surface area contributed by atoms with Crippen LogP contribution in [-0.2, 0) is 6.61 Å². The van der Waals surface area contributed by atoms with Gasteiger partial charge in [0.1, 0.15) is 29.8 Å². The fourth-order valence-corrected chi connectivity index (χ4v) is 1.42. The molecular weight excluding hydrogens is 229 g/mol. The lowest BCUT2D eigenvalue weighted by atomic mass is 10.2. The highest BCUT2D eigenvalue weighted by Crippen LogP contribution is 2.15. The Morgan fingerprint density at radius 1 is 0.824 bits per heavy atom. The van der Waals surface area contributed by atoms with E-state index >= 15 is 0 Å². The van der Waals surface area contributed by atoms with E-state index in [2.05, 4.69) is 0 Å². The van der Waals surface area contributed by atoms with E-state index in [1.54, 1.807) is 6.07 Å². The van der Waals surface area contributed by atoms with E-state index in [0.717, 1.165) is 6.07 Å². The van der Waals surface area contributed by atoms with Crippen LogP contribution >= 0.6 is 0 Å². The molecule has 2 aromatic rings. The summed E-state index contributed by atoms with van der Waals surface area (Å²) in [5.41, 5.74) is 0.353. The van der Waals surface area contributed by atoms with Crippen LogP contribution in [0.4, 0.5) is 13.2 Å². The van der Waals surface area contributed by atoms with Crippen LogP contribution < -0.4 is 4.74 Å². The van der Waals surface area contributed by atoms with Gasteiger partial charge in [0.05, 0.1) is 0 Å². The summed E-state index contributed by atoms with van der Waals surface area (Å²) < 4.78 is 43.8. The Bertz CT molecular complexity index is 506. The Balaban J connectivity index is 2.07. The van der Waals surface area contributed by atoms with Crippen LogP contribution in [0, 0.1) is 17.5 Å². The third-order valence-corrected chi connectivity index (χ3v) is 2.12. The molecule has 0 saturated carbocycles. The van der Waals surface area contributed by atoms with Crippen molar-refractivity contribution in [1.82, 2.24) is 0 Å². The third-order valence-electron chi connectivity index (χ3n) is 2.12. The summed E-state index contributed by atoms with van der Waals surface area (Å²) in [4.78, 5) is 0. The molecule has 0 bridgehead atoms. The largest absolute Gasteiger partial charge is 0.489 e. The Kier molecular flexibility index (Phi) is 3.32. The van der Waals surface area contributed by atoms with Crippen molar-refractivity contribution in [3.8, 4) is 5.75 Å². The van der Waals surface area contributed by atoms with Crippen LogP contribution in [0.15, 0.2) is 42.5 Å². The first-order chi connectivity index (χ1) is 8.13. The molecule has 0 saturated heterocycles. The van der Waals surface area contributed by atoms with Crippen LogP contribution in [0.5, 0.6) is 5.75 Å². The van der Waals surface area contributed by atoms with Gasteiger partial charge in [-0.15, -0.1) is 0 Å². The Labute approximate surface area is 96.5 Å². The first-order valence-corrected chi connectivity index (χ1v) is 4.97. The van der Waals surface area contributed by atoms with Crippen molar-refractivity contribution >= 4 is 0 Å². The van der Waals surface area contributed by atoms with Crippen LogP contribution in [0.1, 0.15) is 5.56 Å². The number of hydrogen-bond donors (Lipinski definition) is 0. The van der Waals surface area contributed by atoms with Gasteiger partial charge in [0.15, 0.2) is 0 Å². The van der Waals surface area contributed by atoms with E-state index in [1.165, 1.54) is 30.3 Å². The van der Waals surface area contributed by atoms with E-state index in [-0.39, 0.29) is 6.61 Å². The molecule has 1 nitrogen and oxygen atoms in total. The fourth-order valence-electron chi connectivity index (χ4n) is 1.42. The van der Waals surface area contributed by atoms with Crippen LogP contribution in [0.3, 0.4) is 0 Å². The van der Waals surface area contributed by atoms with Crippen molar-refractivity contribution in [3.05, 3.63) is 65.5 Å². The van der Waals surface area contributed by atoms with Crippen molar-refractivity contribution < 1.29 is 17.9 Å². The normalized spacial score (nSPS) is 10.3. The van der Waals surface area contributed by atoms with Gasteiger partial charge in [0.2, 0.25) is 0 Å². The second kappa shape index (κ2) is 4.91. The summed E-state index contributed by atoms with van der Waals surface area (Å²) in [7, 11) is 0. The highest BCUT2D eigenvalue weighted by Gasteiger charge is 2.02. The molecule has 0 unspecified atom stereocenters. The molecule has 4 heteroatoms. The summed E-state index contributed by atoms with van der Waals surface area (Å²) >= 11 is 0. The second-order valence-corrected chi connectivity index (χ2v) is 3.52. The predicted octanol–water partition coefficient (Wildman–Crippen LogP) is 3.68. The van der Waals surface area contributed by atoms with E-state index in [0.29, 0.717) is 11.3 Å². The molecule has 0 aliphatic carbocycles. The van der Waals surface area contributed by atoms with E-state index in [4.69, 9.17) is 4.74 Å². The highest BCUT2D eigenvalue weighted by atomic mass is 19.1. The van der Waals surface area contributed by atoms with Gasteiger partial charge in [-0.1, -0.05) is 6.07 Å². The first-order valence-electron chi connectivity index (χ1n) is 4.97. The topological polar surface area (TPSA) is 9.23 Å². The van der Waals surface area contributed by atoms with Gasteiger partial charge in [-0.05, 0) is 29.8 Å². The van der Waals surface area contributed by atoms with Gasteiger partial charge in [-0.2, -0.15) is 0 Å². The zero-order chi connectivity index (χ0) is 12.3. The number of halogens is 3. The lowest BCUT2D eigenvalue weighted by molar-refractivity contribution is 0.303. The summed E-state index contributed by atoms with van der Waals surface area (Å²) in [5.74, 6) is -1.44. The molecule has 0 radical (unpaired) electrons. The highest BCUT2D eigenvalue weighted by molar-refractivity contribution is 5.24. The zero-order valence-corrected chi connectivity index (χ0v) is 8.79. The summed E-state index contributed by atoms with van der Waals surface area (Å²) in [5, 5.41) is 0. The predicted molar refractivity (Wildman–Crippen MR) is 57.1 cm³/mol. The molecule has 0 aliphatic heterocycles. The molecular formula is C13H9F3O. The van der Waals surface area contributed by atoms with Gasteiger partial charge in [-0.25, -0.2) is 13.2 Å². The molecule has 0 atom stereocenters. The molecule has 0 N–H and O–H groups in total. The lowest BCUT2D eigenvalue weighted by Crippen LogP contribution is -1.97. The number of ether oxygens (including phenoxy) is 1. The van der Waals surface area contributed by atoms with E-state index in [9.17, 15) is 13.2 Å². The van der Waals surface area contributed by atoms with Crippen molar-refractivity contribution in [2.45, 2.75) is 6.61 Å². The smallest absolute Gasteiger partial charge is 0.126 e.